The molecule has 1 saturated carbocycles. The number of aryl methyl sites for hydroxylation is 1. The first-order valence-corrected chi connectivity index (χ1v) is 11.1. The second kappa shape index (κ2) is 7.25. The van der Waals surface area contributed by atoms with Crippen LogP contribution in [-0.4, -0.2) is 59.7 Å². The number of nitrogens with zero attached hydrogens (tertiary/aromatic N) is 3. The fraction of sp³-hybridized carbons (Fsp3) is 0.542. The van der Waals surface area contributed by atoms with Crippen LogP contribution in [0.5, 0.6) is 0 Å². The minimum absolute atomic E-state index is 0.0319. The van der Waals surface area contributed by atoms with Crippen LogP contribution in [0.2, 0.25) is 0 Å². The lowest BCUT2D eigenvalue weighted by Crippen LogP contribution is -2.54. The van der Waals surface area contributed by atoms with E-state index in [0.717, 1.165) is 13.0 Å². The Balaban J connectivity index is 1.17. The molecule has 30 heavy (non-hydrogen) atoms. The standard InChI is InChI=1S/C24H29N3O3/c1-15-4-3-5-19(12-15)26-11-10-25(14-16(26)2)20(28)8-9-27-23(29)21-17-6-7-18(13-17)22(21)24(27)30/h3-7,12,16-18,21-22H,8-11,13-14H2,1-2H3/t16-,17-,18-,21-,22+/m0/s1. The summed E-state index contributed by atoms with van der Waals surface area (Å²) < 4.78 is 0. The summed E-state index contributed by atoms with van der Waals surface area (Å²) in [6.45, 7) is 6.56. The number of piperazine rings is 1. The van der Waals surface area contributed by atoms with Gasteiger partial charge in [-0.15, -0.1) is 0 Å². The summed E-state index contributed by atoms with van der Waals surface area (Å²) in [4.78, 5) is 44.0. The molecule has 1 aromatic rings. The number of allylic oxidation sites excluding steroid dienone is 2. The summed E-state index contributed by atoms with van der Waals surface area (Å²) in [6, 6.07) is 8.67. The first-order chi connectivity index (χ1) is 14.4. The van der Waals surface area contributed by atoms with Crippen LogP contribution in [-0.2, 0) is 14.4 Å². The largest absolute Gasteiger partial charge is 0.365 e. The van der Waals surface area contributed by atoms with Crippen LogP contribution in [0, 0.1) is 30.6 Å². The van der Waals surface area contributed by atoms with E-state index < -0.39 is 0 Å². The van der Waals surface area contributed by atoms with Gasteiger partial charge in [0.15, 0.2) is 0 Å². The molecule has 5 rings (SSSR count). The molecule has 0 unspecified atom stereocenters. The normalized spacial score (nSPS) is 32.3. The third kappa shape index (κ3) is 3.04. The zero-order valence-corrected chi connectivity index (χ0v) is 17.7. The lowest BCUT2D eigenvalue weighted by atomic mass is 9.85. The van der Waals surface area contributed by atoms with Crippen LogP contribution in [0.3, 0.4) is 0 Å². The summed E-state index contributed by atoms with van der Waals surface area (Å²) in [7, 11) is 0. The van der Waals surface area contributed by atoms with Crippen molar-refractivity contribution in [3.05, 3.63) is 42.0 Å². The lowest BCUT2D eigenvalue weighted by molar-refractivity contribution is -0.141. The molecular weight excluding hydrogens is 378 g/mol. The van der Waals surface area contributed by atoms with Gasteiger partial charge in [-0.05, 0) is 49.8 Å². The van der Waals surface area contributed by atoms with Gasteiger partial charge in [0.25, 0.3) is 0 Å². The van der Waals surface area contributed by atoms with Crippen LogP contribution < -0.4 is 4.90 Å². The topological polar surface area (TPSA) is 60.9 Å². The number of hydrogen-bond donors (Lipinski definition) is 0. The van der Waals surface area contributed by atoms with Crippen molar-refractivity contribution in [2.45, 2.75) is 32.7 Å². The fourth-order valence-electron chi connectivity index (χ4n) is 5.92. The van der Waals surface area contributed by atoms with E-state index in [-0.39, 0.29) is 60.4 Å². The summed E-state index contributed by atoms with van der Waals surface area (Å²) in [6.07, 6.45) is 5.35. The number of carbonyl (C=O) groups excluding carboxylic acids is 3. The molecule has 3 fully saturated rings. The van der Waals surface area contributed by atoms with E-state index in [1.165, 1.54) is 16.2 Å². The SMILES string of the molecule is Cc1cccc(N2CCN(C(=O)CCN3C(=O)[C@@H]4[C@H](C3=O)[C@H]3C=C[C@H]4C3)C[C@@H]2C)c1. The molecule has 0 spiro atoms. The predicted octanol–water partition coefficient (Wildman–Crippen LogP) is 2.23. The highest BCUT2D eigenvalue weighted by Gasteiger charge is 2.59. The van der Waals surface area contributed by atoms with Crippen molar-refractivity contribution < 1.29 is 14.4 Å². The zero-order chi connectivity index (χ0) is 21.0. The van der Waals surface area contributed by atoms with E-state index >= 15 is 0 Å². The molecule has 2 bridgehead atoms. The summed E-state index contributed by atoms with van der Waals surface area (Å²) >= 11 is 0. The molecule has 1 aromatic carbocycles. The minimum Gasteiger partial charge on any atom is -0.365 e. The first-order valence-electron chi connectivity index (χ1n) is 11.1. The van der Waals surface area contributed by atoms with Crippen molar-refractivity contribution in [3.63, 3.8) is 0 Å². The van der Waals surface area contributed by atoms with Gasteiger partial charge in [-0.2, -0.15) is 0 Å². The molecule has 158 valence electrons. The van der Waals surface area contributed by atoms with Crippen LogP contribution in [0.25, 0.3) is 0 Å². The van der Waals surface area contributed by atoms with Crippen LogP contribution in [0.15, 0.2) is 36.4 Å². The van der Waals surface area contributed by atoms with E-state index in [0.29, 0.717) is 13.1 Å². The van der Waals surface area contributed by atoms with E-state index in [9.17, 15) is 14.4 Å². The van der Waals surface area contributed by atoms with Crippen molar-refractivity contribution in [2.24, 2.45) is 23.7 Å². The van der Waals surface area contributed by atoms with Crippen molar-refractivity contribution in [3.8, 4) is 0 Å². The first kappa shape index (κ1) is 19.3. The lowest BCUT2D eigenvalue weighted by Gasteiger charge is -2.41. The number of fused-ring (bicyclic) bond motifs is 5. The predicted molar refractivity (Wildman–Crippen MR) is 114 cm³/mol. The Bertz CT molecular complexity index is 896. The van der Waals surface area contributed by atoms with Crippen molar-refractivity contribution >= 4 is 23.4 Å². The molecule has 2 saturated heterocycles. The molecular formula is C24H29N3O3. The Kier molecular flexibility index (Phi) is 4.68. The fourth-order valence-corrected chi connectivity index (χ4v) is 5.92. The number of anilines is 1. The highest BCUT2D eigenvalue weighted by Crippen LogP contribution is 2.52. The van der Waals surface area contributed by atoms with Gasteiger partial charge in [0.05, 0.1) is 11.8 Å². The Hall–Kier alpha value is -2.63. The van der Waals surface area contributed by atoms with Gasteiger partial charge in [-0.25, -0.2) is 0 Å². The van der Waals surface area contributed by atoms with Crippen molar-refractivity contribution in [1.29, 1.82) is 0 Å². The highest BCUT2D eigenvalue weighted by atomic mass is 16.2. The Morgan fingerprint density at radius 1 is 1.07 bits per heavy atom. The number of imide groups is 1. The summed E-state index contributed by atoms with van der Waals surface area (Å²) in [5.41, 5.74) is 2.42. The number of amides is 3. The number of carbonyl (C=O) groups is 3. The van der Waals surface area contributed by atoms with Crippen LogP contribution in [0.4, 0.5) is 5.69 Å². The molecule has 0 radical (unpaired) electrons. The maximum Gasteiger partial charge on any atom is 0.233 e. The quantitative estimate of drug-likeness (QED) is 0.567. The van der Waals surface area contributed by atoms with Gasteiger partial charge >= 0.3 is 0 Å². The highest BCUT2D eigenvalue weighted by molar-refractivity contribution is 6.06. The molecule has 2 aliphatic heterocycles. The third-order valence-corrected chi connectivity index (χ3v) is 7.42. The van der Waals surface area contributed by atoms with Gasteiger partial charge in [0, 0.05) is 44.3 Å². The van der Waals surface area contributed by atoms with Crippen molar-refractivity contribution in [1.82, 2.24) is 9.80 Å². The summed E-state index contributed by atoms with van der Waals surface area (Å²) in [5, 5.41) is 0. The van der Waals surface area contributed by atoms with Gasteiger partial charge < -0.3 is 9.80 Å². The average molecular weight is 408 g/mol. The molecule has 0 aromatic heterocycles. The second-order valence-corrected chi connectivity index (χ2v) is 9.30. The van der Waals surface area contributed by atoms with E-state index in [1.54, 1.807) is 0 Å². The Labute approximate surface area is 177 Å². The Morgan fingerprint density at radius 3 is 2.40 bits per heavy atom. The van der Waals surface area contributed by atoms with Crippen LogP contribution in [0.1, 0.15) is 25.3 Å². The van der Waals surface area contributed by atoms with Gasteiger partial charge in [0.2, 0.25) is 17.7 Å². The second-order valence-electron chi connectivity index (χ2n) is 9.30. The smallest absolute Gasteiger partial charge is 0.233 e. The maximum atomic E-state index is 12.8. The molecule has 6 heteroatoms. The zero-order valence-electron chi connectivity index (χ0n) is 17.7. The van der Waals surface area contributed by atoms with E-state index in [1.807, 2.05) is 4.90 Å². The molecule has 6 nitrogen and oxygen atoms in total. The van der Waals surface area contributed by atoms with Gasteiger partial charge in [0.1, 0.15) is 0 Å². The maximum absolute atomic E-state index is 12.8. The average Bonchev–Trinajstić information content (AvgIpc) is 3.40. The third-order valence-electron chi connectivity index (χ3n) is 7.42. The Morgan fingerprint density at radius 2 is 1.77 bits per heavy atom. The molecule has 4 aliphatic rings. The molecule has 0 N–H and O–H groups in total. The number of likely N-dealkylation sites (tertiary alicyclic amines) is 1. The molecule has 2 aliphatic carbocycles. The molecule has 5 atom stereocenters. The van der Waals surface area contributed by atoms with Crippen LogP contribution >= 0.6 is 0 Å². The van der Waals surface area contributed by atoms with E-state index in [4.69, 9.17) is 0 Å². The molecule has 2 heterocycles. The number of rotatable bonds is 4. The monoisotopic (exact) mass is 407 g/mol. The minimum atomic E-state index is -0.180. The number of benzene rings is 1. The van der Waals surface area contributed by atoms with E-state index in [2.05, 4.69) is 55.2 Å². The van der Waals surface area contributed by atoms with Crippen molar-refractivity contribution in [2.75, 3.05) is 31.1 Å². The van der Waals surface area contributed by atoms with Gasteiger partial charge in [-0.3, -0.25) is 19.3 Å². The number of hydrogen-bond acceptors (Lipinski definition) is 4. The molecule has 3 amide bonds. The van der Waals surface area contributed by atoms with Gasteiger partial charge in [-0.1, -0.05) is 24.3 Å². The summed E-state index contributed by atoms with van der Waals surface area (Å²) in [5.74, 6) is -0.0227.